The largest absolute Gasteiger partial charge is 0.352 e. The van der Waals surface area contributed by atoms with Crippen LogP contribution in [0.2, 0.25) is 0 Å². The fraction of sp³-hybridized carbons (Fsp3) is 0.214. The van der Waals surface area contributed by atoms with Crippen LogP contribution in [0.1, 0.15) is 17.5 Å². The lowest BCUT2D eigenvalue weighted by Gasteiger charge is -2.04. The highest BCUT2D eigenvalue weighted by Crippen LogP contribution is 2.14. The first-order valence-corrected chi connectivity index (χ1v) is 8.26. The summed E-state index contributed by atoms with van der Waals surface area (Å²) in [5, 5.41) is 11.1. The molecule has 0 aliphatic heterocycles. The van der Waals surface area contributed by atoms with E-state index in [4.69, 9.17) is 0 Å². The summed E-state index contributed by atoms with van der Waals surface area (Å²) in [6, 6.07) is 3.97. The van der Waals surface area contributed by atoms with Crippen molar-refractivity contribution in [1.82, 2.24) is 19.9 Å². The second-order valence-corrected chi connectivity index (χ2v) is 6.35. The topological polar surface area (TPSA) is 59.3 Å². The van der Waals surface area contributed by atoms with Crippen molar-refractivity contribution in [3.8, 4) is 0 Å². The number of rotatable bonds is 5. The number of hydrogen-bond donors (Lipinski definition) is 1. The normalized spacial score (nSPS) is 12.0. The third-order valence-corrected chi connectivity index (χ3v) is 4.71. The van der Waals surface area contributed by atoms with Gasteiger partial charge in [0.15, 0.2) is 0 Å². The fourth-order valence-corrected chi connectivity index (χ4v) is 3.49. The van der Waals surface area contributed by atoms with E-state index in [1.807, 2.05) is 40.4 Å². The Bertz CT molecular complexity index is 770. The van der Waals surface area contributed by atoms with E-state index >= 15 is 0 Å². The van der Waals surface area contributed by atoms with Crippen molar-refractivity contribution in [2.75, 3.05) is 6.54 Å². The average Bonchev–Trinajstić information content (AvgIpc) is 3.17. The summed E-state index contributed by atoms with van der Waals surface area (Å²) in [6.07, 6.45) is 4.18. The number of fused-ring (bicyclic) bond motifs is 1. The van der Waals surface area contributed by atoms with E-state index in [0.717, 1.165) is 22.0 Å². The number of thiazole rings is 1. The standard InChI is InChI=1S/C14H14N4OS2/c1-10(7-12-3-2-6-20-12)13(19)15-5-4-11-8-21-14-16-9-17-18(11)14/h2-3,6-9H,4-5H2,1H3,(H,15,19)/b10-7+. The Kier molecular flexibility index (Phi) is 4.12. The molecule has 0 aliphatic carbocycles. The van der Waals surface area contributed by atoms with Crippen LogP contribution >= 0.6 is 22.7 Å². The molecule has 0 radical (unpaired) electrons. The number of carbonyl (C=O) groups excluding carboxylic acids is 1. The van der Waals surface area contributed by atoms with E-state index in [-0.39, 0.29) is 5.91 Å². The van der Waals surface area contributed by atoms with Crippen LogP contribution in [0.3, 0.4) is 0 Å². The number of nitrogens with one attached hydrogen (secondary N) is 1. The number of carbonyl (C=O) groups is 1. The molecule has 1 N–H and O–H groups in total. The molecule has 108 valence electrons. The number of amides is 1. The molecule has 0 bridgehead atoms. The first-order valence-electron chi connectivity index (χ1n) is 6.50. The summed E-state index contributed by atoms with van der Waals surface area (Å²) in [5.74, 6) is -0.0338. The van der Waals surface area contributed by atoms with Gasteiger partial charge >= 0.3 is 0 Å². The van der Waals surface area contributed by atoms with Crippen LogP contribution in [0.15, 0.2) is 34.8 Å². The van der Waals surface area contributed by atoms with Crippen LogP contribution in [0.4, 0.5) is 0 Å². The maximum absolute atomic E-state index is 12.0. The number of aromatic nitrogens is 3. The van der Waals surface area contributed by atoms with Gasteiger partial charge in [0, 0.05) is 28.8 Å². The third kappa shape index (κ3) is 3.20. The van der Waals surface area contributed by atoms with Gasteiger partial charge in [0.25, 0.3) is 0 Å². The van der Waals surface area contributed by atoms with Gasteiger partial charge in [-0.05, 0) is 24.4 Å². The quantitative estimate of drug-likeness (QED) is 0.736. The van der Waals surface area contributed by atoms with E-state index in [1.165, 1.54) is 0 Å². The summed E-state index contributed by atoms with van der Waals surface area (Å²) in [5.41, 5.74) is 1.78. The summed E-state index contributed by atoms with van der Waals surface area (Å²) in [4.78, 5) is 18.1. The maximum Gasteiger partial charge on any atom is 0.246 e. The van der Waals surface area contributed by atoms with Gasteiger partial charge in [0.2, 0.25) is 10.9 Å². The first-order chi connectivity index (χ1) is 10.2. The number of hydrogen-bond acceptors (Lipinski definition) is 5. The molecule has 3 heterocycles. The van der Waals surface area contributed by atoms with Gasteiger partial charge in [-0.25, -0.2) is 9.50 Å². The van der Waals surface area contributed by atoms with E-state index in [0.29, 0.717) is 12.1 Å². The van der Waals surface area contributed by atoms with Crippen molar-refractivity contribution in [3.63, 3.8) is 0 Å². The van der Waals surface area contributed by atoms with Crippen molar-refractivity contribution in [2.24, 2.45) is 0 Å². The Morgan fingerprint density at radius 3 is 3.19 bits per heavy atom. The van der Waals surface area contributed by atoms with Crippen LogP contribution in [0.25, 0.3) is 11.0 Å². The second kappa shape index (κ2) is 6.19. The highest BCUT2D eigenvalue weighted by atomic mass is 32.1. The van der Waals surface area contributed by atoms with Crippen molar-refractivity contribution in [3.05, 3.63) is 45.4 Å². The van der Waals surface area contributed by atoms with Gasteiger partial charge < -0.3 is 5.32 Å². The van der Waals surface area contributed by atoms with Gasteiger partial charge in [0.05, 0.1) is 5.69 Å². The predicted octanol–water partition coefficient (Wildman–Crippen LogP) is 2.61. The molecule has 3 aromatic rings. The molecule has 3 aromatic heterocycles. The predicted molar refractivity (Wildman–Crippen MR) is 85.5 cm³/mol. The number of nitrogens with zero attached hydrogens (tertiary/aromatic N) is 3. The summed E-state index contributed by atoms with van der Waals surface area (Å²) < 4.78 is 1.81. The molecule has 3 rings (SSSR count). The summed E-state index contributed by atoms with van der Waals surface area (Å²) >= 11 is 3.17. The lowest BCUT2D eigenvalue weighted by molar-refractivity contribution is -0.117. The van der Waals surface area contributed by atoms with Crippen LogP contribution < -0.4 is 5.32 Å². The number of thiophene rings is 1. The molecule has 0 spiro atoms. The molecular weight excluding hydrogens is 304 g/mol. The molecule has 21 heavy (non-hydrogen) atoms. The van der Waals surface area contributed by atoms with E-state index in [2.05, 4.69) is 15.4 Å². The van der Waals surface area contributed by atoms with Crippen molar-refractivity contribution < 1.29 is 4.79 Å². The lowest BCUT2D eigenvalue weighted by Crippen LogP contribution is -2.26. The Morgan fingerprint density at radius 2 is 2.38 bits per heavy atom. The van der Waals surface area contributed by atoms with Gasteiger partial charge in [-0.3, -0.25) is 4.79 Å². The van der Waals surface area contributed by atoms with E-state index in [1.54, 1.807) is 29.0 Å². The highest BCUT2D eigenvalue weighted by molar-refractivity contribution is 7.15. The van der Waals surface area contributed by atoms with E-state index < -0.39 is 0 Å². The molecule has 7 heteroatoms. The molecule has 0 aromatic carbocycles. The Hall–Kier alpha value is -1.99. The monoisotopic (exact) mass is 318 g/mol. The van der Waals surface area contributed by atoms with Gasteiger partial charge in [-0.15, -0.1) is 22.7 Å². The summed E-state index contributed by atoms with van der Waals surface area (Å²) in [6.45, 7) is 2.41. The van der Waals surface area contributed by atoms with Crippen LogP contribution in [0, 0.1) is 0 Å². The van der Waals surface area contributed by atoms with E-state index in [9.17, 15) is 4.79 Å². The minimum atomic E-state index is -0.0338. The first kappa shape index (κ1) is 14.0. The lowest BCUT2D eigenvalue weighted by atomic mass is 10.2. The zero-order valence-electron chi connectivity index (χ0n) is 11.4. The molecular formula is C14H14N4OS2. The van der Waals surface area contributed by atoms with Crippen molar-refractivity contribution in [1.29, 1.82) is 0 Å². The SMILES string of the molecule is C/C(=C\c1cccs1)C(=O)NCCc1csc2ncnn12. The van der Waals surface area contributed by atoms with Crippen LogP contribution in [0.5, 0.6) is 0 Å². The van der Waals surface area contributed by atoms with Gasteiger partial charge in [-0.1, -0.05) is 6.07 Å². The molecule has 1 amide bonds. The minimum Gasteiger partial charge on any atom is -0.352 e. The molecule has 5 nitrogen and oxygen atoms in total. The van der Waals surface area contributed by atoms with Crippen LogP contribution in [-0.2, 0) is 11.2 Å². The maximum atomic E-state index is 12.0. The molecule has 0 saturated heterocycles. The zero-order chi connectivity index (χ0) is 14.7. The minimum absolute atomic E-state index is 0.0338. The van der Waals surface area contributed by atoms with Crippen molar-refractivity contribution in [2.45, 2.75) is 13.3 Å². The smallest absolute Gasteiger partial charge is 0.246 e. The highest BCUT2D eigenvalue weighted by Gasteiger charge is 2.07. The molecule has 0 unspecified atom stereocenters. The Balaban J connectivity index is 1.55. The van der Waals surface area contributed by atoms with Crippen LogP contribution in [-0.4, -0.2) is 27.0 Å². The molecule has 0 saturated carbocycles. The molecule has 0 fully saturated rings. The van der Waals surface area contributed by atoms with Gasteiger partial charge in [0.1, 0.15) is 6.33 Å². The Labute approximate surface area is 130 Å². The molecule has 0 atom stereocenters. The Morgan fingerprint density at radius 1 is 1.48 bits per heavy atom. The van der Waals surface area contributed by atoms with Gasteiger partial charge in [-0.2, -0.15) is 5.10 Å². The summed E-state index contributed by atoms with van der Waals surface area (Å²) in [7, 11) is 0. The molecule has 0 aliphatic rings. The third-order valence-electron chi connectivity index (χ3n) is 3.02. The zero-order valence-corrected chi connectivity index (χ0v) is 13.1. The van der Waals surface area contributed by atoms with Crippen molar-refractivity contribution >= 4 is 39.6 Å². The fourth-order valence-electron chi connectivity index (χ4n) is 1.94. The second-order valence-electron chi connectivity index (χ2n) is 4.53. The average molecular weight is 318 g/mol.